The third kappa shape index (κ3) is 7.19. The highest BCUT2D eigenvalue weighted by Crippen LogP contribution is 2.17. The van der Waals surface area contributed by atoms with E-state index in [1.165, 1.54) is 0 Å². The number of hydrogen-bond donors (Lipinski definition) is 5. The molecule has 0 fully saturated rings. The van der Waals surface area contributed by atoms with Crippen LogP contribution in [0.2, 0.25) is 0 Å². The number of nitrogen functional groups attached to an aromatic ring is 2. The van der Waals surface area contributed by atoms with Crippen LogP contribution in [0.5, 0.6) is 0 Å². The van der Waals surface area contributed by atoms with Gasteiger partial charge in [0.1, 0.15) is 0 Å². The molecule has 0 spiro atoms. The molecule has 0 aliphatic heterocycles. The number of hydrogen-bond acceptors (Lipinski definition) is 6. The van der Waals surface area contributed by atoms with E-state index in [9.17, 15) is 0 Å². The van der Waals surface area contributed by atoms with Gasteiger partial charge in [0.25, 0.3) is 0 Å². The van der Waals surface area contributed by atoms with Crippen molar-refractivity contribution in [2.75, 3.05) is 48.0 Å². The molecule has 3 aromatic rings. The number of para-hydroxylation sites is 1. The zero-order valence-electron chi connectivity index (χ0n) is 15.8. The van der Waals surface area contributed by atoms with E-state index in [1.807, 2.05) is 71.6 Å². The molecule has 148 valence electrons. The number of rotatable bonds is 7. The summed E-state index contributed by atoms with van der Waals surface area (Å²) < 4.78 is 0. The third-order valence-corrected chi connectivity index (χ3v) is 3.97. The van der Waals surface area contributed by atoms with E-state index in [1.54, 1.807) is 12.1 Å². The van der Waals surface area contributed by atoms with Crippen LogP contribution in [0.1, 0.15) is 0 Å². The predicted molar refractivity (Wildman–Crippen MR) is 118 cm³/mol. The van der Waals surface area contributed by atoms with Gasteiger partial charge >= 0.3 is 0 Å². The van der Waals surface area contributed by atoms with Crippen molar-refractivity contribution in [2.24, 2.45) is 0 Å². The topological polar surface area (TPSA) is 108 Å². The Morgan fingerprint density at radius 1 is 0.643 bits per heavy atom. The van der Waals surface area contributed by atoms with Gasteiger partial charge in [-0.05, 0) is 60.7 Å². The van der Waals surface area contributed by atoms with E-state index < -0.39 is 0 Å². The second-order valence-electron chi connectivity index (χ2n) is 6.14. The van der Waals surface area contributed by atoms with Gasteiger partial charge in [0.2, 0.25) is 0 Å². The number of nitrogens with two attached hydrogens (primary N) is 2. The summed E-state index contributed by atoms with van der Waals surface area (Å²) in [4.78, 5) is 1.90. The Balaban J connectivity index is 0.000000200. The van der Waals surface area contributed by atoms with Crippen LogP contribution < -0.4 is 21.7 Å². The molecule has 0 aliphatic rings. The van der Waals surface area contributed by atoms with Crippen LogP contribution in [-0.4, -0.2) is 36.5 Å². The second-order valence-corrected chi connectivity index (χ2v) is 6.14. The normalized spacial score (nSPS) is 9.93. The molecular formula is C22H28N4O2. The van der Waals surface area contributed by atoms with Crippen LogP contribution in [-0.2, 0) is 0 Å². The molecule has 0 heterocycles. The van der Waals surface area contributed by atoms with Crippen LogP contribution in [0, 0.1) is 0 Å². The fourth-order valence-electron chi connectivity index (χ4n) is 2.55. The quantitative estimate of drug-likeness (QED) is 0.403. The molecule has 0 radical (unpaired) electrons. The van der Waals surface area contributed by atoms with Crippen molar-refractivity contribution in [3.63, 3.8) is 0 Å². The number of anilines is 5. The lowest BCUT2D eigenvalue weighted by Crippen LogP contribution is -2.29. The summed E-state index contributed by atoms with van der Waals surface area (Å²) >= 11 is 0. The maximum Gasteiger partial charge on any atom is 0.0606 e. The Labute approximate surface area is 166 Å². The van der Waals surface area contributed by atoms with Crippen molar-refractivity contribution in [1.29, 1.82) is 0 Å². The first-order valence-electron chi connectivity index (χ1n) is 9.12. The zero-order valence-corrected chi connectivity index (χ0v) is 15.8. The summed E-state index contributed by atoms with van der Waals surface area (Å²) in [5.74, 6) is 0. The van der Waals surface area contributed by atoms with Gasteiger partial charge in [0.15, 0.2) is 0 Å². The lowest BCUT2D eigenvalue weighted by Gasteiger charge is -2.22. The summed E-state index contributed by atoms with van der Waals surface area (Å²) in [5, 5.41) is 20.9. The summed E-state index contributed by atoms with van der Waals surface area (Å²) in [7, 11) is 0. The van der Waals surface area contributed by atoms with Gasteiger partial charge in [-0.2, -0.15) is 0 Å². The predicted octanol–water partition coefficient (Wildman–Crippen LogP) is 3.07. The highest BCUT2D eigenvalue weighted by atomic mass is 16.3. The largest absolute Gasteiger partial charge is 0.399 e. The highest BCUT2D eigenvalue weighted by Gasteiger charge is 2.03. The summed E-state index contributed by atoms with van der Waals surface area (Å²) in [6.07, 6.45) is 0. The molecule has 0 saturated carbocycles. The Kier molecular flexibility index (Phi) is 8.65. The summed E-state index contributed by atoms with van der Waals surface area (Å²) in [6, 6.07) is 25.1. The molecule has 0 unspecified atom stereocenters. The molecule has 0 amide bonds. The minimum Gasteiger partial charge on any atom is -0.399 e. The average molecular weight is 380 g/mol. The van der Waals surface area contributed by atoms with Crippen molar-refractivity contribution in [1.82, 2.24) is 0 Å². The molecule has 0 atom stereocenters. The standard InChI is InChI=1S/C12H12N2.C10H16N2O2/c13-10-6-8-12(9-7-10)14-11-4-2-1-3-5-11;11-9-1-3-10(4-2-9)12(5-7-13)6-8-14/h1-9,14H,13H2;1-4,13-14H,5-8,11H2. The first-order chi connectivity index (χ1) is 13.6. The van der Waals surface area contributed by atoms with Gasteiger partial charge < -0.3 is 31.9 Å². The molecule has 7 N–H and O–H groups in total. The minimum absolute atomic E-state index is 0.0738. The molecule has 0 saturated heterocycles. The summed E-state index contributed by atoms with van der Waals surface area (Å²) in [6.45, 7) is 1.18. The van der Waals surface area contributed by atoms with Crippen molar-refractivity contribution in [3.8, 4) is 0 Å². The Hall–Kier alpha value is -3.22. The first-order valence-corrected chi connectivity index (χ1v) is 9.12. The van der Waals surface area contributed by atoms with Gasteiger partial charge in [-0.1, -0.05) is 18.2 Å². The minimum atomic E-state index is 0.0738. The third-order valence-electron chi connectivity index (χ3n) is 3.97. The Morgan fingerprint density at radius 2 is 1.11 bits per heavy atom. The van der Waals surface area contributed by atoms with Crippen LogP contribution >= 0.6 is 0 Å². The Morgan fingerprint density at radius 3 is 1.61 bits per heavy atom. The zero-order chi connectivity index (χ0) is 20.2. The monoisotopic (exact) mass is 380 g/mol. The Bertz CT molecular complexity index is 787. The fraction of sp³-hybridized carbons (Fsp3) is 0.182. The van der Waals surface area contributed by atoms with Gasteiger partial charge in [0.05, 0.1) is 13.2 Å². The van der Waals surface area contributed by atoms with Gasteiger partial charge in [0, 0.05) is 41.5 Å². The fourth-order valence-corrected chi connectivity index (χ4v) is 2.55. The van der Waals surface area contributed by atoms with Crippen molar-refractivity contribution in [2.45, 2.75) is 0 Å². The molecule has 28 heavy (non-hydrogen) atoms. The van der Waals surface area contributed by atoms with Crippen molar-refractivity contribution >= 4 is 28.4 Å². The number of aliphatic hydroxyl groups is 2. The van der Waals surface area contributed by atoms with Crippen molar-refractivity contribution < 1.29 is 10.2 Å². The van der Waals surface area contributed by atoms with Crippen molar-refractivity contribution in [3.05, 3.63) is 78.9 Å². The van der Waals surface area contributed by atoms with Gasteiger partial charge in [-0.15, -0.1) is 0 Å². The van der Waals surface area contributed by atoms with E-state index in [0.29, 0.717) is 18.8 Å². The van der Waals surface area contributed by atoms with Crippen LogP contribution in [0.25, 0.3) is 0 Å². The number of nitrogens with one attached hydrogen (secondary N) is 1. The molecule has 6 nitrogen and oxygen atoms in total. The van der Waals surface area contributed by atoms with E-state index in [4.69, 9.17) is 21.7 Å². The van der Waals surface area contributed by atoms with E-state index in [-0.39, 0.29) is 13.2 Å². The van der Waals surface area contributed by atoms with Crippen LogP contribution in [0.4, 0.5) is 28.4 Å². The molecule has 0 aromatic heterocycles. The van der Waals surface area contributed by atoms with Crippen LogP contribution in [0.3, 0.4) is 0 Å². The molecule has 3 rings (SSSR count). The average Bonchev–Trinajstić information content (AvgIpc) is 2.72. The number of benzene rings is 3. The smallest absolute Gasteiger partial charge is 0.0606 e. The van der Waals surface area contributed by atoms with Crippen LogP contribution in [0.15, 0.2) is 78.9 Å². The SMILES string of the molecule is Nc1ccc(N(CCO)CCO)cc1.Nc1ccc(Nc2ccccc2)cc1. The van der Waals surface area contributed by atoms with Gasteiger partial charge in [-0.3, -0.25) is 0 Å². The number of nitrogens with zero attached hydrogens (tertiary/aromatic N) is 1. The second kappa shape index (κ2) is 11.5. The molecule has 0 bridgehead atoms. The summed E-state index contributed by atoms with van der Waals surface area (Å²) in [5.41, 5.74) is 15.7. The molecule has 3 aromatic carbocycles. The van der Waals surface area contributed by atoms with E-state index in [2.05, 4.69) is 5.32 Å². The number of aliphatic hydroxyl groups excluding tert-OH is 2. The molecular weight excluding hydrogens is 352 g/mol. The molecule has 6 heteroatoms. The first kappa shape index (κ1) is 21.1. The highest BCUT2D eigenvalue weighted by molar-refractivity contribution is 5.61. The molecule has 0 aliphatic carbocycles. The van der Waals surface area contributed by atoms with E-state index >= 15 is 0 Å². The maximum absolute atomic E-state index is 8.83. The maximum atomic E-state index is 8.83. The van der Waals surface area contributed by atoms with Gasteiger partial charge in [-0.25, -0.2) is 0 Å². The lowest BCUT2D eigenvalue weighted by atomic mass is 10.2. The lowest BCUT2D eigenvalue weighted by molar-refractivity contribution is 0.281. The van der Waals surface area contributed by atoms with E-state index in [0.717, 1.165) is 22.7 Å².